The number of imidazole rings is 1. The molecule has 0 aliphatic carbocycles. The van der Waals surface area contributed by atoms with Gasteiger partial charge in [0.25, 0.3) is 0 Å². The molecule has 0 aliphatic heterocycles. The quantitative estimate of drug-likeness (QED) is 0.398. The standard InChI is InChI=1S/C22H24FN3OS/c1-6-14(7-2)17-11-19(27-5)25-26-20(13(4)24-22(17)26)21-12(3)16-10-15(23)8-9-18(16)28-21/h8-11,14H,6-7H2,1-5H3. The summed E-state index contributed by atoms with van der Waals surface area (Å²) in [6.07, 6.45) is 2.06. The Morgan fingerprint density at radius 1 is 1.18 bits per heavy atom. The molecule has 4 rings (SSSR count). The van der Waals surface area contributed by atoms with Crippen LogP contribution in [0.1, 0.15) is 49.4 Å². The molecular formula is C22H24FN3OS. The van der Waals surface area contributed by atoms with E-state index in [1.807, 2.05) is 30.5 Å². The number of hydrogen-bond acceptors (Lipinski definition) is 4. The topological polar surface area (TPSA) is 39.4 Å². The van der Waals surface area contributed by atoms with Crippen molar-refractivity contribution < 1.29 is 9.13 Å². The minimum Gasteiger partial charge on any atom is -0.480 e. The van der Waals surface area contributed by atoms with E-state index in [1.54, 1.807) is 24.5 Å². The fourth-order valence-electron chi connectivity index (χ4n) is 3.94. The number of rotatable bonds is 5. The normalized spacial score (nSPS) is 11.8. The lowest BCUT2D eigenvalue weighted by Gasteiger charge is -2.15. The van der Waals surface area contributed by atoms with E-state index in [1.165, 1.54) is 6.07 Å². The molecule has 0 amide bonds. The van der Waals surface area contributed by atoms with E-state index in [0.717, 1.165) is 56.0 Å². The third kappa shape index (κ3) is 2.87. The molecule has 0 radical (unpaired) electrons. The van der Waals surface area contributed by atoms with Gasteiger partial charge in [-0.1, -0.05) is 13.8 Å². The van der Waals surface area contributed by atoms with Crippen LogP contribution in [0.2, 0.25) is 0 Å². The predicted octanol–water partition coefficient (Wildman–Crippen LogP) is 6.28. The Labute approximate surface area is 168 Å². The van der Waals surface area contributed by atoms with E-state index in [0.29, 0.717) is 11.8 Å². The summed E-state index contributed by atoms with van der Waals surface area (Å²) in [6.45, 7) is 8.43. The van der Waals surface area contributed by atoms with Crippen LogP contribution in [0.15, 0.2) is 24.3 Å². The lowest BCUT2D eigenvalue weighted by molar-refractivity contribution is 0.388. The molecule has 146 valence electrons. The van der Waals surface area contributed by atoms with Crippen LogP contribution in [0.5, 0.6) is 5.88 Å². The maximum atomic E-state index is 13.8. The highest BCUT2D eigenvalue weighted by Crippen LogP contribution is 2.41. The van der Waals surface area contributed by atoms with Gasteiger partial charge in [-0.05, 0) is 61.8 Å². The molecule has 1 aromatic carbocycles. The average molecular weight is 398 g/mol. The Balaban J connectivity index is 2.04. The van der Waals surface area contributed by atoms with E-state index < -0.39 is 0 Å². The molecule has 0 saturated heterocycles. The Morgan fingerprint density at radius 3 is 2.61 bits per heavy atom. The summed E-state index contributed by atoms with van der Waals surface area (Å²) in [5, 5.41) is 5.64. The molecule has 0 fully saturated rings. The fourth-order valence-corrected chi connectivity index (χ4v) is 5.21. The summed E-state index contributed by atoms with van der Waals surface area (Å²) in [5.41, 5.74) is 4.97. The predicted molar refractivity (Wildman–Crippen MR) is 113 cm³/mol. The van der Waals surface area contributed by atoms with Crippen molar-refractivity contribution in [3.8, 4) is 16.5 Å². The number of ether oxygens (including phenoxy) is 1. The summed E-state index contributed by atoms with van der Waals surface area (Å²) in [7, 11) is 1.64. The zero-order chi connectivity index (χ0) is 20.0. The number of thiophene rings is 1. The Kier molecular flexibility index (Phi) is 4.83. The summed E-state index contributed by atoms with van der Waals surface area (Å²) >= 11 is 1.65. The summed E-state index contributed by atoms with van der Waals surface area (Å²) in [6, 6.07) is 6.97. The van der Waals surface area contributed by atoms with Gasteiger partial charge in [0.05, 0.1) is 17.7 Å². The number of aromatic nitrogens is 3. The lowest BCUT2D eigenvalue weighted by Crippen LogP contribution is -2.05. The summed E-state index contributed by atoms with van der Waals surface area (Å²) in [4.78, 5) is 5.96. The van der Waals surface area contributed by atoms with Crippen LogP contribution in [0.25, 0.3) is 26.3 Å². The van der Waals surface area contributed by atoms with Gasteiger partial charge >= 0.3 is 0 Å². The van der Waals surface area contributed by atoms with E-state index >= 15 is 0 Å². The van der Waals surface area contributed by atoms with Gasteiger partial charge < -0.3 is 4.74 Å². The van der Waals surface area contributed by atoms with Gasteiger partial charge in [-0.2, -0.15) is 0 Å². The first-order valence-corrected chi connectivity index (χ1v) is 10.4. The van der Waals surface area contributed by atoms with E-state index in [2.05, 4.69) is 13.8 Å². The molecule has 0 spiro atoms. The van der Waals surface area contributed by atoms with E-state index in [9.17, 15) is 4.39 Å². The van der Waals surface area contributed by atoms with Crippen LogP contribution in [0.3, 0.4) is 0 Å². The maximum Gasteiger partial charge on any atom is 0.231 e. The van der Waals surface area contributed by atoms with E-state index in [-0.39, 0.29) is 5.82 Å². The molecule has 4 aromatic rings. The highest BCUT2D eigenvalue weighted by molar-refractivity contribution is 7.22. The molecule has 0 N–H and O–H groups in total. The second-order valence-corrected chi connectivity index (χ2v) is 8.19. The lowest BCUT2D eigenvalue weighted by atomic mass is 9.95. The first kappa shape index (κ1) is 18.9. The fraction of sp³-hybridized carbons (Fsp3) is 0.364. The summed E-state index contributed by atoms with van der Waals surface area (Å²) < 4.78 is 22.3. The smallest absolute Gasteiger partial charge is 0.231 e. The molecule has 28 heavy (non-hydrogen) atoms. The molecule has 0 atom stereocenters. The summed E-state index contributed by atoms with van der Waals surface area (Å²) in [5.74, 6) is 0.759. The van der Waals surface area contributed by atoms with Crippen LogP contribution in [0, 0.1) is 19.7 Å². The van der Waals surface area contributed by atoms with Gasteiger partial charge in [0.15, 0.2) is 5.65 Å². The Morgan fingerprint density at radius 2 is 1.93 bits per heavy atom. The molecule has 3 heterocycles. The van der Waals surface area contributed by atoms with Crippen LogP contribution in [-0.2, 0) is 0 Å². The maximum absolute atomic E-state index is 13.8. The third-order valence-electron chi connectivity index (χ3n) is 5.51. The largest absolute Gasteiger partial charge is 0.480 e. The average Bonchev–Trinajstić information content (AvgIpc) is 3.18. The van der Waals surface area contributed by atoms with Gasteiger partial charge in [-0.15, -0.1) is 16.4 Å². The minimum atomic E-state index is -0.217. The highest BCUT2D eigenvalue weighted by Gasteiger charge is 2.23. The van der Waals surface area contributed by atoms with Crippen molar-refractivity contribution in [2.45, 2.75) is 46.5 Å². The second kappa shape index (κ2) is 7.17. The number of hydrogen-bond donors (Lipinski definition) is 0. The third-order valence-corrected chi connectivity index (χ3v) is 6.79. The van der Waals surface area contributed by atoms with Crippen molar-refractivity contribution in [2.75, 3.05) is 7.11 Å². The van der Waals surface area contributed by atoms with Crippen molar-refractivity contribution in [1.29, 1.82) is 0 Å². The van der Waals surface area contributed by atoms with Crippen LogP contribution >= 0.6 is 11.3 Å². The van der Waals surface area contributed by atoms with Crippen molar-refractivity contribution in [3.63, 3.8) is 0 Å². The Hall–Kier alpha value is -2.47. The number of methoxy groups -OCH3 is 1. The molecule has 6 heteroatoms. The molecule has 3 aromatic heterocycles. The number of nitrogens with zero attached hydrogens (tertiary/aromatic N) is 3. The molecule has 0 unspecified atom stereocenters. The molecule has 0 saturated carbocycles. The zero-order valence-corrected chi connectivity index (χ0v) is 17.7. The monoisotopic (exact) mass is 397 g/mol. The number of benzene rings is 1. The van der Waals surface area contributed by atoms with Gasteiger partial charge in [0.2, 0.25) is 5.88 Å². The SMILES string of the molecule is CCC(CC)c1cc(OC)nn2c(-c3sc4ccc(F)cc4c3C)c(C)nc12. The minimum absolute atomic E-state index is 0.217. The number of fused-ring (bicyclic) bond motifs is 2. The van der Waals surface area contributed by atoms with Crippen molar-refractivity contribution in [1.82, 2.24) is 14.6 Å². The first-order chi connectivity index (χ1) is 13.5. The zero-order valence-electron chi connectivity index (χ0n) is 16.8. The van der Waals surface area contributed by atoms with Gasteiger partial charge in [-0.3, -0.25) is 0 Å². The molecular weight excluding hydrogens is 373 g/mol. The first-order valence-electron chi connectivity index (χ1n) is 9.61. The molecule has 4 nitrogen and oxygen atoms in total. The van der Waals surface area contributed by atoms with E-state index in [4.69, 9.17) is 14.8 Å². The van der Waals surface area contributed by atoms with Gasteiger partial charge in [0, 0.05) is 16.3 Å². The van der Waals surface area contributed by atoms with Crippen LogP contribution in [-0.4, -0.2) is 21.7 Å². The Bertz CT molecular complexity index is 1170. The second-order valence-electron chi connectivity index (χ2n) is 7.13. The highest BCUT2D eigenvalue weighted by atomic mass is 32.1. The van der Waals surface area contributed by atoms with Crippen molar-refractivity contribution in [3.05, 3.63) is 46.9 Å². The van der Waals surface area contributed by atoms with Crippen LogP contribution < -0.4 is 4.74 Å². The van der Waals surface area contributed by atoms with Gasteiger partial charge in [-0.25, -0.2) is 13.9 Å². The molecule has 0 aliphatic rings. The van der Waals surface area contributed by atoms with Gasteiger partial charge in [0.1, 0.15) is 11.5 Å². The number of halogens is 1. The molecule has 0 bridgehead atoms. The van der Waals surface area contributed by atoms with Crippen molar-refractivity contribution >= 4 is 27.1 Å². The van der Waals surface area contributed by atoms with Crippen molar-refractivity contribution in [2.24, 2.45) is 0 Å². The number of aryl methyl sites for hydroxylation is 2. The van der Waals surface area contributed by atoms with Crippen LogP contribution in [0.4, 0.5) is 4.39 Å².